The highest BCUT2D eigenvalue weighted by molar-refractivity contribution is 5.73. The van der Waals surface area contributed by atoms with Gasteiger partial charge < -0.3 is 0 Å². The zero-order valence-electron chi connectivity index (χ0n) is 16.2. The Kier molecular flexibility index (Phi) is 3.95. The van der Waals surface area contributed by atoms with Crippen LogP contribution in [0.5, 0.6) is 0 Å². The van der Waals surface area contributed by atoms with Gasteiger partial charge in [-0.05, 0) is 91.5 Å². The molecule has 0 fully saturated rings. The number of allylic oxidation sites excluding steroid dienone is 2. The standard InChI is InChI=1S/C25H28/c1-6-21(19-11-22-15(2)7-8-16(3)23(22)12-19)20-13-24-17(4)9-10-18(5)25(24)14-20/h7-11,13,21H,6,12,14H2,1-5H3. The monoisotopic (exact) mass is 328 g/mol. The molecule has 0 aromatic heterocycles. The first-order chi connectivity index (χ1) is 12.0. The Morgan fingerprint density at radius 2 is 1.08 bits per heavy atom. The van der Waals surface area contributed by atoms with Gasteiger partial charge in [0.05, 0.1) is 0 Å². The maximum Gasteiger partial charge on any atom is 0.00177 e. The zero-order chi connectivity index (χ0) is 17.7. The molecular formula is C25H28. The SMILES string of the molecule is CCC(C1=Cc2c(C)ccc(C)c2C1)C1=Cc2c(C)ccc(C)c2C1. The summed E-state index contributed by atoms with van der Waals surface area (Å²) in [6, 6.07) is 9.10. The summed E-state index contributed by atoms with van der Waals surface area (Å²) in [5.74, 6) is 0.581. The minimum Gasteiger partial charge on any atom is -0.0645 e. The van der Waals surface area contributed by atoms with Crippen molar-refractivity contribution in [3.05, 3.63) is 79.9 Å². The Hall–Kier alpha value is -2.08. The molecule has 0 heterocycles. The largest absolute Gasteiger partial charge is 0.0645 e. The Morgan fingerprint density at radius 3 is 1.44 bits per heavy atom. The quantitative estimate of drug-likeness (QED) is 0.601. The van der Waals surface area contributed by atoms with Gasteiger partial charge in [-0.1, -0.05) is 54.5 Å². The molecule has 0 heteroatoms. The van der Waals surface area contributed by atoms with Gasteiger partial charge in [-0.15, -0.1) is 0 Å². The van der Waals surface area contributed by atoms with Crippen LogP contribution in [-0.2, 0) is 12.8 Å². The van der Waals surface area contributed by atoms with E-state index >= 15 is 0 Å². The third-order valence-corrected chi connectivity index (χ3v) is 6.34. The molecule has 0 saturated carbocycles. The highest BCUT2D eigenvalue weighted by Crippen LogP contribution is 2.42. The Morgan fingerprint density at radius 1 is 0.680 bits per heavy atom. The number of rotatable bonds is 3. The summed E-state index contributed by atoms with van der Waals surface area (Å²) in [5, 5.41) is 0. The summed E-state index contributed by atoms with van der Waals surface area (Å²) in [6.45, 7) is 11.4. The van der Waals surface area contributed by atoms with Crippen LogP contribution in [0, 0.1) is 33.6 Å². The summed E-state index contributed by atoms with van der Waals surface area (Å²) in [6.07, 6.45) is 8.45. The maximum absolute atomic E-state index is 2.50. The van der Waals surface area contributed by atoms with Crippen molar-refractivity contribution in [2.24, 2.45) is 5.92 Å². The molecule has 4 rings (SSSR count). The predicted octanol–water partition coefficient (Wildman–Crippen LogP) is 6.53. The number of fused-ring (bicyclic) bond motifs is 2. The minimum atomic E-state index is 0.581. The fraction of sp³-hybridized carbons (Fsp3) is 0.360. The zero-order valence-corrected chi connectivity index (χ0v) is 16.2. The molecule has 2 aromatic carbocycles. The van der Waals surface area contributed by atoms with Crippen molar-refractivity contribution in [1.82, 2.24) is 0 Å². The molecule has 0 radical (unpaired) electrons. The Balaban J connectivity index is 1.70. The molecule has 0 spiro atoms. The average molecular weight is 328 g/mol. The molecule has 2 aromatic rings. The van der Waals surface area contributed by atoms with E-state index < -0.39 is 0 Å². The van der Waals surface area contributed by atoms with Gasteiger partial charge in [-0.3, -0.25) is 0 Å². The second-order valence-corrected chi connectivity index (χ2v) is 7.94. The molecule has 0 bridgehead atoms. The number of benzene rings is 2. The lowest BCUT2D eigenvalue weighted by Crippen LogP contribution is -2.07. The number of aryl methyl sites for hydroxylation is 4. The fourth-order valence-corrected chi connectivity index (χ4v) is 4.74. The van der Waals surface area contributed by atoms with Crippen molar-refractivity contribution in [2.75, 3.05) is 0 Å². The Bertz CT molecular complexity index is 846. The van der Waals surface area contributed by atoms with Crippen molar-refractivity contribution >= 4 is 12.2 Å². The van der Waals surface area contributed by atoms with E-state index in [-0.39, 0.29) is 0 Å². The highest BCUT2D eigenvalue weighted by atomic mass is 14.3. The summed E-state index contributed by atoms with van der Waals surface area (Å²) in [7, 11) is 0. The van der Waals surface area contributed by atoms with Crippen LogP contribution in [0.2, 0.25) is 0 Å². The molecule has 0 atom stereocenters. The van der Waals surface area contributed by atoms with Crippen LogP contribution in [-0.4, -0.2) is 0 Å². The first kappa shape index (κ1) is 16.4. The topological polar surface area (TPSA) is 0 Å². The van der Waals surface area contributed by atoms with Crippen LogP contribution < -0.4 is 0 Å². The molecule has 0 amide bonds. The van der Waals surface area contributed by atoms with Crippen LogP contribution in [0.1, 0.15) is 57.9 Å². The van der Waals surface area contributed by atoms with Gasteiger partial charge in [0.25, 0.3) is 0 Å². The Labute approximate surface area is 152 Å². The minimum absolute atomic E-state index is 0.581. The summed E-state index contributed by atoms with van der Waals surface area (Å²) < 4.78 is 0. The summed E-state index contributed by atoms with van der Waals surface area (Å²) in [4.78, 5) is 0. The first-order valence-electron chi connectivity index (χ1n) is 9.58. The van der Waals surface area contributed by atoms with Gasteiger partial charge in [0.1, 0.15) is 0 Å². The van der Waals surface area contributed by atoms with Crippen molar-refractivity contribution in [3.63, 3.8) is 0 Å². The molecule has 128 valence electrons. The van der Waals surface area contributed by atoms with Crippen LogP contribution >= 0.6 is 0 Å². The lowest BCUT2D eigenvalue weighted by Gasteiger charge is -2.19. The van der Waals surface area contributed by atoms with Gasteiger partial charge in [0.2, 0.25) is 0 Å². The van der Waals surface area contributed by atoms with E-state index in [9.17, 15) is 0 Å². The van der Waals surface area contributed by atoms with E-state index in [0.29, 0.717) is 5.92 Å². The van der Waals surface area contributed by atoms with Crippen LogP contribution in [0.3, 0.4) is 0 Å². The third kappa shape index (κ3) is 2.59. The molecule has 25 heavy (non-hydrogen) atoms. The van der Waals surface area contributed by atoms with Crippen molar-refractivity contribution < 1.29 is 0 Å². The van der Waals surface area contributed by atoms with E-state index in [4.69, 9.17) is 0 Å². The second kappa shape index (κ2) is 6.02. The summed E-state index contributed by atoms with van der Waals surface area (Å²) >= 11 is 0. The predicted molar refractivity (Wildman–Crippen MR) is 109 cm³/mol. The highest BCUT2D eigenvalue weighted by Gasteiger charge is 2.27. The number of hydrogen-bond acceptors (Lipinski definition) is 0. The molecule has 0 aliphatic heterocycles. The van der Waals surface area contributed by atoms with Gasteiger partial charge in [-0.2, -0.15) is 0 Å². The molecule has 2 aliphatic carbocycles. The molecular weight excluding hydrogens is 300 g/mol. The van der Waals surface area contributed by atoms with Crippen molar-refractivity contribution in [2.45, 2.75) is 53.9 Å². The van der Waals surface area contributed by atoms with Gasteiger partial charge in [-0.25, -0.2) is 0 Å². The fourth-order valence-electron chi connectivity index (χ4n) is 4.74. The van der Waals surface area contributed by atoms with Gasteiger partial charge in [0, 0.05) is 5.92 Å². The van der Waals surface area contributed by atoms with Crippen molar-refractivity contribution in [3.8, 4) is 0 Å². The van der Waals surface area contributed by atoms with Gasteiger partial charge >= 0.3 is 0 Å². The van der Waals surface area contributed by atoms with E-state index in [2.05, 4.69) is 71.0 Å². The average Bonchev–Trinajstić information content (AvgIpc) is 3.22. The first-order valence-corrected chi connectivity index (χ1v) is 9.58. The lowest BCUT2D eigenvalue weighted by atomic mass is 9.86. The maximum atomic E-state index is 2.50. The van der Waals surface area contributed by atoms with E-state index in [1.54, 1.807) is 22.3 Å². The molecule has 0 unspecified atom stereocenters. The van der Waals surface area contributed by atoms with Crippen molar-refractivity contribution in [1.29, 1.82) is 0 Å². The molecule has 2 aliphatic rings. The van der Waals surface area contributed by atoms with Crippen LogP contribution in [0.4, 0.5) is 0 Å². The number of hydrogen-bond donors (Lipinski definition) is 0. The van der Waals surface area contributed by atoms with Gasteiger partial charge in [0.15, 0.2) is 0 Å². The van der Waals surface area contributed by atoms with E-state index in [0.717, 1.165) is 12.8 Å². The van der Waals surface area contributed by atoms with Crippen LogP contribution in [0.15, 0.2) is 35.4 Å². The van der Waals surface area contributed by atoms with E-state index in [1.807, 2.05) is 0 Å². The molecule has 0 N–H and O–H groups in total. The third-order valence-electron chi connectivity index (χ3n) is 6.34. The second-order valence-electron chi connectivity index (χ2n) is 7.94. The molecule has 0 nitrogen and oxygen atoms in total. The lowest BCUT2D eigenvalue weighted by molar-refractivity contribution is 0.666. The summed E-state index contributed by atoms with van der Waals surface area (Å²) in [5.41, 5.74) is 15.0. The van der Waals surface area contributed by atoms with Crippen LogP contribution in [0.25, 0.3) is 12.2 Å². The van der Waals surface area contributed by atoms with E-state index in [1.165, 1.54) is 39.8 Å². The smallest absolute Gasteiger partial charge is 0.00177 e. The molecule has 0 saturated heterocycles. The normalized spacial score (nSPS) is 15.3.